The summed E-state index contributed by atoms with van der Waals surface area (Å²) >= 11 is 0. The third kappa shape index (κ3) is 3.75. The molecular weight excluding hydrogens is 348 g/mol. The fourth-order valence-corrected chi connectivity index (χ4v) is 4.49. The van der Waals surface area contributed by atoms with Crippen LogP contribution in [0.2, 0.25) is 0 Å². The molecule has 1 fully saturated rings. The van der Waals surface area contributed by atoms with Gasteiger partial charge in [-0.1, -0.05) is 31.2 Å². The van der Waals surface area contributed by atoms with E-state index in [1.807, 2.05) is 4.90 Å². The topological polar surface area (TPSA) is 57.7 Å². The fourth-order valence-electron chi connectivity index (χ4n) is 3.28. The molecule has 26 heavy (non-hydrogen) atoms. The number of benzene rings is 2. The van der Waals surface area contributed by atoms with Gasteiger partial charge < -0.3 is 4.90 Å². The summed E-state index contributed by atoms with van der Waals surface area (Å²) < 4.78 is 26.8. The monoisotopic (exact) mass is 372 g/mol. The van der Waals surface area contributed by atoms with Crippen LogP contribution in [0.3, 0.4) is 0 Å². The molecule has 0 bridgehead atoms. The van der Waals surface area contributed by atoms with Crippen LogP contribution in [-0.2, 0) is 10.0 Å². The highest BCUT2D eigenvalue weighted by molar-refractivity contribution is 7.92. The lowest BCUT2D eigenvalue weighted by atomic mass is 9.99. The van der Waals surface area contributed by atoms with Gasteiger partial charge in [-0.2, -0.15) is 0 Å². The molecule has 6 heteroatoms. The molecule has 3 rings (SSSR count). The molecule has 1 amide bonds. The Kier molecular flexibility index (Phi) is 5.32. The van der Waals surface area contributed by atoms with Gasteiger partial charge >= 0.3 is 0 Å². The van der Waals surface area contributed by atoms with E-state index in [2.05, 4.69) is 6.92 Å². The zero-order valence-corrected chi connectivity index (χ0v) is 15.9. The minimum absolute atomic E-state index is 0.0380. The van der Waals surface area contributed by atoms with Gasteiger partial charge in [0.2, 0.25) is 0 Å². The molecule has 0 aliphatic carbocycles. The molecule has 2 aromatic rings. The predicted molar refractivity (Wildman–Crippen MR) is 103 cm³/mol. The van der Waals surface area contributed by atoms with Gasteiger partial charge in [0.1, 0.15) is 0 Å². The molecule has 1 saturated heterocycles. The van der Waals surface area contributed by atoms with Crippen LogP contribution in [0.1, 0.15) is 30.1 Å². The van der Waals surface area contributed by atoms with E-state index >= 15 is 0 Å². The van der Waals surface area contributed by atoms with Crippen LogP contribution in [0.4, 0.5) is 5.69 Å². The molecule has 1 aliphatic heterocycles. The number of hydrogen-bond donors (Lipinski definition) is 0. The van der Waals surface area contributed by atoms with E-state index in [0.717, 1.165) is 25.9 Å². The van der Waals surface area contributed by atoms with Gasteiger partial charge in [0.25, 0.3) is 15.9 Å². The second-order valence-corrected chi connectivity index (χ2v) is 8.80. The van der Waals surface area contributed by atoms with Gasteiger partial charge in [-0.25, -0.2) is 8.42 Å². The smallest absolute Gasteiger partial charge is 0.264 e. The normalized spacial score (nSPS) is 17.8. The second-order valence-electron chi connectivity index (χ2n) is 6.83. The molecule has 1 heterocycles. The Bertz CT molecular complexity index is 881. The molecule has 0 unspecified atom stereocenters. The SMILES string of the molecule is C[C@H]1CCCN(C(=O)c2cccc(N(C)S(=O)(=O)c3ccccc3)c2)C1. The molecule has 0 radical (unpaired) electrons. The number of hydrogen-bond acceptors (Lipinski definition) is 3. The van der Waals surface area contributed by atoms with E-state index in [1.165, 1.54) is 11.4 Å². The van der Waals surface area contributed by atoms with Crippen molar-refractivity contribution in [3.05, 3.63) is 60.2 Å². The van der Waals surface area contributed by atoms with Crippen LogP contribution in [0.15, 0.2) is 59.5 Å². The fraction of sp³-hybridized carbons (Fsp3) is 0.350. The van der Waals surface area contributed by atoms with Crippen LogP contribution < -0.4 is 4.31 Å². The van der Waals surface area contributed by atoms with Crippen molar-refractivity contribution in [3.63, 3.8) is 0 Å². The van der Waals surface area contributed by atoms with Gasteiger partial charge in [0.15, 0.2) is 0 Å². The molecule has 1 atom stereocenters. The Hall–Kier alpha value is -2.34. The maximum absolute atomic E-state index is 12.8. The summed E-state index contributed by atoms with van der Waals surface area (Å²) in [6.07, 6.45) is 2.15. The summed E-state index contributed by atoms with van der Waals surface area (Å²) in [5.41, 5.74) is 0.997. The average molecular weight is 372 g/mol. The first-order valence-corrected chi connectivity index (χ1v) is 10.3. The maximum Gasteiger partial charge on any atom is 0.264 e. The molecule has 2 aromatic carbocycles. The number of carbonyl (C=O) groups is 1. The van der Waals surface area contributed by atoms with Crippen LogP contribution in [0, 0.1) is 5.92 Å². The van der Waals surface area contributed by atoms with E-state index in [1.54, 1.807) is 54.6 Å². The molecule has 5 nitrogen and oxygen atoms in total. The molecule has 0 saturated carbocycles. The van der Waals surface area contributed by atoms with E-state index in [0.29, 0.717) is 17.2 Å². The number of sulfonamides is 1. The summed E-state index contributed by atoms with van der Waals surface area (Å²) in [5, 5.41) is 0. The molecule has 138 valence electrons. The summed E-state index contributed by atoms with van der Waals surface area (Å²) in [6, 6.07) is 15.1. The van der Waals surface area contributed by atoms with Gasteiger partial charge in [0.05, 0.1) is 10.6 Å². The van der Waals surface area contributed by atoms with Crippen LogP contribution in [0.5, 0.6) is 0 Å². The molecular formula is C20H24N2O3S. The highest BCUT2D eigenvalue weighted by Gasteiger charge is 2.24. The Morgan fingerprint density at radius 1 is 1.12 bits per heavy atom. The van der Waals surface area contributed by atoms with Crippen LogP contribution in [-0.4, -0.2) is 39.4 Å². The summed E-state index contributed by atoms with van der Waals surface area (Å²) in [5.74, 6) is 0.459. The van der Waals surface area contributed by atoms with Crippen molar-refractivity contribution in [1.29, 1.82) is 0 Å². The largest absolute Gasteiger partial charge is 0.338 e. The van der Waals surface area contributed by atoms with Crippen molar-refractivity contribution >= 4 is 21.6 Å². The average Bonchev–Trinajstić information content (AvgIpc) is 2.67. The predicted octanol–water partition coefficient (Wildman–Crippen LogP) is 3.38. The van der Waals surface area contributed by atoms with Crippen molar-refractivity contribution in [3.8, 4) is 0 Å². The summed E-state index contributed by atoms with van der Waals surface area (Å²) in [7, 11) is -2.15. The molecule has 0 aromatic heterocycles. The number of anilines is 1. The molecule has 0 spiro atoms. The molecule has 1 aliphatic rings. The van der Waals surface area contributed by atoms with E-state index < -0.39 is 10.0 Å². The minimum Gasteiger partial charge on any atom is -0.338 e. The second kappa shape index (κ2) is 7.50. The van der Waals surface area contributed by atoms with Crippen molar-refractivity contribution in [2.75, 3.05) is 24.4 Å². The van der Waals surface area contributed by atoms with Gasteiger partial charge in [-0.15, -0.1) is 0 Å². The van der Waals surface area contributed by atoms with E-state index in [4.69, 9.17) is 0 Å². The number of nitrogens with zero attached hydrogens (tertiary/aromatic N) is 2. The number of piperidine rings is 1. The number of rotatable bonds is 4. The highest BCUT2D eigenvalue weighted by Crippen LogP contribution is 2.24. The van der Waals surface area contributed by atoms with Crippen molar-refractivity contribution < 1.29 is 13.2 Å². The number of amides is 1. The summed E-state index contributed by atoms with van der Waals surface area (Å²) in [6.45, 7) is 3.66. The lowest BCUT2D eigenvalue weighted by molar-refractivity contribution is 0.0683. The van der Waals surface area contributed by atoms with Crippen LogP contribution >= 0.6 is 0 Å². The Balaban J connectivity index is 1.86. The van der Waals surface area contributed by atoms with Crippen LogP contribution in [0.25, 0.3) is 0 Å². The van der Waals surface area contributed by atoms with Crippen molar-refractivity contribution in [1.82, 2.24) is 4.90 Å². The first-order chi connectivity index (χ1) is 12.4. The standard InChI is InChI=1S/C20H24N2O3S/c1-16-8-7-13-22(15-16)20(23)17-9-6-10-18(14-17)21(2)26(24,25)19-11-4-3-5-12-19/h3-6,9-12,14,16H,7-8,13,15H2,1-2H3/t16-/m0/s1. The van der Waals surface area contributed by atoms with Gasteiger partial charge in [-0.05, 0) is 49.1 Å². The third-order valence-corrected chi connectivity index (χ3v) is 6.60. The Morgan fingerprint density at radius 2 is 1.85 bits per heavy atom. The van der Waals surface area contributed by atoms with Crippen molar-refractivity contribution in [2.45, 2.75) is 24.7 Å². The zero-order chi connectivity index (χ0) is 18.7. The summed E-state index contributed by atoms with van der Waals surface area (Å²) in [4.78, 5) is 14.9. The third-order valence-electron chi connectivity index (χ3n) is 4.80. The lowest BCUT2D eigenvalue weighted by Crippen LogP contribution is -2.39. The van der Waals surface area contributed by atoms with Crippen molar-refractivity contribution in [2.24, 2.45) is 5.92 Å². The quantitative estimate of drug-likeness (QED) is 0.827. The first kappa shape index (κ1) is 18.5. The Morgan fingerprint density at radius 3 is 2.54 bits per heavy atom. The van der Waals surface area contributed by atoms with Gasteiger partial charge in [0, 0.05) is 25.7 Å². The maximum atomic E-state index is 12.8. The highest BCUT2D eigenvalue weighted by atomic mass is 32.2. The van der Waals surface area contributed by atoms with E-state index in [-0.39, 0.29) is 10.8 Å². The Labute approximate surface area is 155 Å². The van der Waals surface area contributed by atoms with Gasteiger partial charge in [-0.3, -0.25) is 9.10 Å². The van der Waals surface area contributed by atoms with E-state index in [9.17, 15) is 13.2 Å². The number of carbonyl (C=O) groups excluding carboxylic acids is 1. The minimum atomic E-state index is -3.66. The number of likely N-dealkylation sites (tertiary alicyclic amines) is 1. The molecule has 0 N–H and O–H groups in total. The lowest BCUT2D eigenvalue weighted by Gasteiger charge is -2.31. The first-order valence-electron chi connectivity index (χ1n) is 8.83. The zero-order valence-electron chi connectivity index (χ0n) is 15.1.